The highest BCUT2D eigenvalue weighted by Crippen LogP contribution is 2.52. The Bertz CT molecular complexity index is 745. The van der Waals surface area contributed by atoms with Gasteiger partial charge in [0.1, 0.15) is 12.4 Å². The van der Waals surface area contributed by atoms with E-state index in [9.17, 15) is 9.90 Å². The molecule has 0 amide bonds. The van der Waals surface area contributed by atoms with Gasteiger partial charge in [0.15, 0.2) is 5.82 Å². The first-order valence-electron chi connectivity index (χ1n) is 13.9. The lowest BCUT2D eigenvalue weighted by Gasteiger charge is -2.52. The van der Waals surface area contributed by atoms with Crippen molar-refractivity contribution in [2.75, 3.05) is 5.48 Å². The zero-order valence-corrected chi connectivity index (χ0v) is 22.8. The van der Waals surface area contributed by atoms with Crippen LogP contribution >= 0.6 is 0 Å². The molecule has 0 saturated heterocycles. The SMILES string of the molecule is CCCCC(CC)CC1CC(C)(N)CC(CC(CC)CCCC)(C(=O)O)C1ONc1ccncn1. The molecule has 7 nitrogen and oxygen atoms in total. The number of nitrogens with zero attached hydrogens (tertiary/aromatic N) is 2. The number of aliphatic carboxylic acids is 1. The van der Waals surface area contributed by atoms with E-state index >= 15 is 0 Å². The van der Waals surface area contributed by atoms with E-state index in [4.69, 9.17) is 10.6 Å². The van der Waals surface area contributed by atoms with E-state index in [0.717, 1.165) is 51.4 Å². The van der Waals surface area contributed by atoms with Crippen LogP contribution in [0.15, 0.2) is 18.6 Å². The monoisotopic (exact) mass is 490 g/mol. The highest BCUT2D eigenvalue weighted by molar-refractivity contribution is 5.76. The maximum Gasteiger partial charge on any atom is 0.312 e. The molecule has 0 bridgehead atoms. The largest absolute Gasteiger partial charge is 0.481 e. The van der Waals surface area contributed by atoms with Gasteiger partial charge in [-0.3, -0.25) is 9.63 Å². The summed E-state index contributed by atoms with van der Waals surface area (Å²) >= 11 is 0. The first-order chi connectivity index (χ1) is 16.7. The second-order valence-electron chi connectivity index (χ2n) is 11.3. The van der Waals surface area contributed by atoms with E-state index in [0.29, 0.717) is 30.5 Å². The molecule has 0 radical (unpaired) electrons. The van der Waals surface area contributed by atoms with Gasteiger partial charge < -0.3 is 10.8 Å². The van der Waals surface area contributed by atoms with Gasteiger partial charge in [-0.15, -0.1) is 0 Å². The maximum atomic E-state index is 13.2. The summed E-state index contributed by atoms with van der Waals surface area (Å²) in [5.74, 6) is 0.662. The number of hydrogen-bond acceptors (Lipinski definition) is 6. The molecule has 35 heavy (non-hydrogen) atoms. The lowest BCUT2D eigenvalue weighted by Crippen LogP contribution is -2.61. The predicted octanol–water partition coefficient (Wildman–Crippen LogP) is 6.60. The third-order valence-corrected chi connectivity index (χ3v) is 8.09. The average molecular weight is 491 g/mol. The quantitative estimate of drug-likeness (QED) is 0.224. The molecular formula is C28H50N4O3. The summed E-state index contributed by atoms with van der Waals surface area (Å²) in [4.78, 5) is 27.8. The Labute approximate surface area is 213 Å². The van der Waals surface area contributed by atoms with Crippen LogP contribution in [0.25, 0.3) is 0 Å². The summed E-state index contributed by atoms with van der Waals surface area (Å²) in [6.07, 6.45) is 14.1. The minimum Gasteiger partial charge on any atom is -0.481 e. The van der Waals surface area contributed by atoms with Crippen LogP contribution in [0.3, 0.4) is 0 Å². The van der Waals surface area contributed by atoms with Crippen LogP contribution < -0.4 is 11.2 Å². The number of anilines is 1. The molecule has 1 aromatic heterocycles. The van der Waals surface area contributed by atoms with E-state index in [1.54, 1.807) is 12.3 Å². The molecule has 1 fully saturated rings. The summed E-state index contributed by atoms with van der Waals surface area (Å²) < 4.78 is 0. The molecule has 0 spiro atoms. The second-order valence-corrected chi connectivity index (χ2v) is 11.3. The number of nitrogens with one attached hydrogen (secondary N) is 1. The number of rotatable bonds is 16. The molecule has 4 N–H and O–H groups in total. The number of unbranched alkanes of at least 4 members (excludes halogenated alkanes) is 2. The van der Waals surface area contributed by atoms with Gasteiger partial charge in [0.05, 0.1) is 5.41 Å². The van der Waals surface area contributed by atoms with E-state index in [1.165, 1.54) is 19.2 Å². The van der Waals surface area contributed by atoms with Gasteiger partial charge in [0, 0.05) is 17.8 Å². The third kappa shape index (κ3) is 8.42. The van der Waals surface area contributed by atoms with Crippen molar-refractivity contribution in [3.8, 4) is 0 Å². The van der Waals surface area contributed by atoms with Crippen molar-refractivity contribution in [3.05, 3.63) is 18.6 Å². The van der Waals surface area contributed by atoms with Crippen molar-refractivity contribution in [2.45, 2.75) is 123 Å². The van der Waals surface area contributed by atoms with Crippen LogP contribution in [0, 0.1) is 23.2 Å². The smallest absolute Gasteiger partial charge is 0.312 e. The van der Waals surface area contributed by atoms with Crippen LogP contribution in [0.1, 0.15) is 112 Å². The molecule has 2 rings (SSSR count). The van der Waals surface area contributed by atoms with Crippen molar-refractivity contribution in [1.82, 2.24) is 9.97 Å². The molecule has 1 aliphatic carbocycles. The van der Waals surface area contributed by atoms with E-state index in [1.807, 2.05) is 6.92 Å². The Morgan fingerprint density at radius 3 is 2.40 bits per heavy atom. The number of carboxylic acids is 1. The number of carboxylic acid groups (broad SMARTS) is 1. The van der Waals surface area contributed by atoms with Crippen LogP contribution in [0.4, 0.5) is 5.82 Å². The zero-order chi connectivity index (χ0) is 25.9. The van der Waals surface area contributed by atoms with Crippen molar-refractivity contribution in [2.24, 2.45) is 28.9 Å². The molecule has 0 aliphatic heterocycles. The minimum absolute atomic E-state index is 0.0506. The lowest BCUT2D eigenvalue weighted by atomic mass is 9.56. The second kappa shape index (κ2) is 14.1. The van der Waals surface area contributed by atoms with Gasteiger partial charge in [0.2, 0.25) is 0 Å². The minimum atomic E-state index is -1.05. The molecular weight excluding hydrogens is 440 g/mol. The Morgan fingerprint density at radius 2 is 1.86 bits per heavy atom. The molecule has 6 atom stereocenters. The van der Waals surface area contributed by atoms with Gasteiger partial charge in [-0.05, 0) is 50.4 Å². The van der Waals surface area contributed by atoms with Gasteiger partial charge in [-0.2, -0.15) is 0 Å². The Hall–Kier alpha value is -1.73. The Morgan fingerprint density at radius 1 is 1.20 bits per heavy atom. The van der Waals surface area contributed by atoms with Crippen molar-refractivity contribution in [1.29, 1.82) is 0 Å². The average Bonchev–Trinajstić information content (AvgIpc) is 2.83. The summed E-state index contributed by atoms with van der Waals surface area (Å²) in [7, 11) is 0. The predicted molar refractivity (Wildman–Crippen MR) is 142 cm³/mol. The van der Waals surface area contributed by atoms with Gasteiger partial charge in [-0.1, -0.05) is 79.1 Å². The standard InChI is InChI=1S/C28H50N4O3/c1-6-10-12-21(8-3)16-23-18-27(5,29)19-28(26(33)34,17-22(9-4)13-11-7-2)25(23)35-32-24-14-15-30-20-31-24/h14-15,20-23,25H,6-13,16-19,29H2,1-5H3,(H,33,34)(H,30,31,32). The number of carbonyl (C=O) groups is 1. The molecule has 200 valence electrons. The normalized spacial score (nSPS) is 28.4. The number of hydrogen-bond donors (Lipinski definition) is 3. The maximum absolute atomic E-state index is 13.2. The first kappa shape index (κ1) is 29.5. The summed E-state index contributed by atoms with van der Waals surface area (Å²) in [5, 5.41) is 10.8. The molecule has 0 aromatic carbocycles. The summed E-state index contributed by atoms with van der Waals surface area (Å²) in [5.41, 5.74) is 8.22. The first-order valence-corrected chi connectivity index (χ1v) is 13.9. The van der Waals surface area contributed by atoms with Gasteiger partial charge >= 0.3 is 5.97 Å². The molecule has 7 heteroatoms. The van der Waals surface area contributed by atoms with E-state index < -0.39 is 23.0 Å². The fourth-order valence-corrected chi connectivity index (χ4v) is 6.28. The third-order valence-electron chi connectivity index (χ3n) is 8.09. The Kier molecular flexibility index (Phi) is 11.9. The van der Waals surface area contributed by atoms with Crippen LogP contribution in [0.5, 0.6) is 0 Å². The highest BCUT2D eigenvalue weighted by Gasteiger charge is 2.58. The Balaban J connectivity index is 2.45. The number of aromatic nitrogens is 2. The van der Waals surface area contributed by atoms with Gasteiger partial charge in [-0.25, -0.2) is 15.4 Å². The fraction of sp³-hybridized carbons (Fsp3) is 0.821. The summed E-state index contributed by atoms with van der Waals surface area (Å²) in [6, 6.07) is 1.74. The van der Waals surface area contributed by atoms with Gasteiger partial charge in [0.25, 0.3) is 0 Å². The van der Waals surface area contributed by atoms with Crippen LogP contribution in [0.2, 0.25) is 0 Å². The highest BCUT2D eigenvalue weighted by atomic mass is 16.7. The zero-order valence-electron chi connectivity index (χ0n) is 22.8. The number of nitrogens with two attached hydrogens (primary N) is 1. The fourth-order valence-electron chi connectivity index (χ4n) is 6.28. The molecule has 1 heterocycles. The molecule has 1 aromatic rings. The van der Waals surface area contributed by atoms with Crippen molar-refractivity contribution >= 4 is 11.8 Å². The lowest BCUT2D eigenvalue weighted by molar-refractivity contribution is -0.177. The summed E-state index contributed by atoms with van der Waals surface area (Å²) in [6.45, 7) is 10.9. The van der Waals surface area contributed by atoms with E-state index in [2.05, 4.69) is 43.1 Å². The van der Waals surface area contributed by atoms with Crippen LogP contribution in [-0.2, 0) is 9.63 Å². The van der Waals surface area contributed by atoms with Crippen molar-refractivity contribution < 1.29 is 14.7 Å². The molecule has 1 aliphatic rings. The van der Waals surface area contributed by atoms with Crippen molar-refractivity contribution in [3.63, 3.8) is 0 Å². The molecule has 1 saturated carbocycles. The molecule has 6 unspecified atom stereocenters. The topological polar surface area (TPSA) is 110 Å². The van der Waals surface area contributed by atoms with Crippen LogP contribution in [-0.4, -0.2) is 32.7 Å². The van der Waals surface area contributed by atoms with E-state index in [-0.39, 0.29) is 5.92 Å².